The zero-order chi connectivity index (χ0) is 14.5. The van der Waals surface area contributed by atoms with Crippen molar-refractivity contribution in [3.05, 3.63) is 88.3 Å². The van der Waals surface area contributed by atoms with E-state index in [2.05, 4.69) is 10.2 Å². The lowest BCUT2D eigenvalue weighted by molar-refractivity contribution is 0.482. The minimum absolute atomic E-state index is 0.160. The van der Waals surface area contributed by atoms with Crippen molar-refractivity contribution >= 4 is 0 Å². The summed E-state index contributed by atoms with van der Waals surface area (Å²) in [7, 11) is 0. The molecular formula is C17H14N2O2. The summed E-state index contributed by atoms with van der Waals surface area (Å²) in [6.45, 7) is 0. The minimum atomic E-state index is -0.160. The van der Waals surface area contributed by atoms with Gasteiger partial charge in [-0.05, 0) is 35.9 Å². The Kier molecular flexibility index (Phi) is 3.78. The van der Waals surface area contributed by atoms with Crippen LogP contribution in [0.3, 0.4) is 0 Å². The van der Waals surface area contributed by atoms with Crippen LogP contribution in [-0.2, 0) is 6.42 Å². The van der Waals surface area contributed by atoms with E-state index in [0.717, 1.165) is 17.1 Å². The number of H-pyrrole nitrogens is 1. The summed E-state index contributed by atoms with van der Waals surface area (Å²) in [5.74, 6) is 1.54. The molecule has 1 N–H and O–H groups in total. The second kappa shape index (κ2) is 6.05. The Hall–Kier alpha value is -2.88. The monoisotopic (exact) mass is 278 g/mol. The third-order valence-electron chi connectivity index (χ3n) is 3.08. The number of ether oxygens (including phenoxy) is 1. The number of hydrogen-bond donors (Lipinski definition) is 1. The van der Waals surface area contributed by atoms with Gasteiger partial charge >= 0.3 is 0 Å². The number of hydrogen-bond acceptors (Lipinski definition) is 3. The van der Waals surface area contributed by atoms with Crippen molar-refractivity contribution in [3.63, 3.8) is 0 Å². The lowest BCUT2D eigenvalue weighted by Gasteiger charge is -2.07. The number of nitrogens with zero attached hydrogens (tertiary/aromatic N) is 1. The van der Waals surface area contributed by atoms with Crippen LogP contribution in [0.25, 0.3) is 0 Å². The highest BCUT2D eigenvalue weighted by Crippen LogP contribution is 2.22. The van der Waals surface area contributed by atoms with E-state index in [9.17, 15) is 4.79 Å². The van der Waals surface area contributed by atoms with Crippen molar-refractivity contribution in [1.29, 1.82) is 0 Å². The van der Waals surface area contributed by atoms with Crippen molar-refractivity contribution in [1.82, 2.24) is 10.2 Å². The van der Waals surface area contributed by atoms with E-state index in [1.807, 2.05) is 54.6 Å². The summed E-state index contributed by atoms with van der Waals surface area (Å²) in [4.78, 5) is 11.7. The predicted octanol–water partition coefficient (Wildman–Crippen LogP) is 3.15. The van der Waals surface area contributed by atoms with Crippen molar-refractivity contribution in [2.75, 3.05) is 0 Å². The molecule has 0 atom stereocenters. The van der Waals surface area contributed by atoms with Crippen LogP contribution in [0.5, 0.6) is 11.5 Å². The van der Waals surface area contributed by atoms with E-state index in [1.165, 1.54) is 0 Å². The SMILES string of the molecule is O=c1[nH]nccc1Cc1cccc(Oc2ccccc2)c1. The van der Waals surface area contributed by atoms with Crippen LogP contribution < -0.4 is 10.3 Å². The Morgan fingerprint density at radius 1 is 0.952 bits per heavy atom. The molecule has 0 amide bonds. The maximum atomic E-state index is 11.7. The zero-order valence-electron chi connectivity index (χ0n) is 11.3. The second-order valence-corrected chi connectivity index (χ2v) is 4.65. The normalized spacial score (nSPS) is 10.3. The van der Waals surface area contributed by atoms with Crippen molar-refractivity contribution in [3.8, 4) is 11.5 Å². The van der Waals surface area contributed by atoms with Crippen LogP contribution in [0.15, 0.2) is 71.7 Å². The van der Waals surface area contributed by atoms with Crippen LogP contribution in [0.4, 0.5) is 0 Å². The Morgan fingerprint density at radius 2 is 1.76 bits per heavy atom. The van der Waals surface area contributed by atoms with E-state index >= 15 is 0 Å². The molecule has 4 nitrogen and oxygen atoms in total. The van der Waals surface area contributed by atoms with Crippen LogP contribution in [0, 0.1) is 0 Å². The number of aromatic amines is 1. The smallest absolute Gasteiger partial charge is 0.267 e. The Labute approximate surface area is 122 Å². The number of rotatable bonds is 4. The first-order chi connectivity index (χ1) is 10.3. The largest absolute Gasteiger partial charge is 0.457 e. The van der Waals surface area contributed by atoms with Crippen LogP contribution in [0.1, 0.15) is 11.1 Å². The van der Waals surface area contributed by atoms with Crippen LogP contribution in [0.2, 0.25) is 0 Å². The van der Waals surface area contributed by atoms with Crippen LogP contribution >= 0.6 is 0 Å². The van der Waals surface area contributed by atoms with E-state index < -0.39 is 0 Å². The summed E-state index contributed by atoms with van der Waals surface area (Å²) in [6.07, 6.45) is 2.13. The van der Waals surface area contributed by atoms with Gasteiger partial charge in [0.1, 0.15) is 11.5 Å². The lowest BCUT2D eigenvalue weighted by Crippen LogP contribution is -2.13. The third-order valence-corrected chi connectivity index (χ3v) is 3.08. The molecule has 0 radical (unpaired) electrons. The van der Waals surface area contributed by atoms with Crippen molar-refractivity contribution in [2.24, 2.45) is 0 Å². The van der Waals surface area contributed by atoms with Gasteiger partial charge in [0.05, 0.1) is 0 Å². The van der Waals surface area contributed by atoms with Gasteiger partial charge in [-0.2, -0.15) is 5.10 Å². The van der Waals surface area contributed by atoms with E-state index in [0.29, 0.717) is 12.0 Å². The number of benzene rings is 2. The Balaban J connectivity index is 1.80. The van der Waals surface area contributed by atoms with Gasteiger partial charge in [-0.15, -0.1) is 0 Å². The molecule has 0 spiro atoms. The molecule has 1 aromatic heterocycles. The molecule has 0 aliphatic carbocycles. The first kappa shape index (κ1) is 13.1. The highest BCUT2D eigenvalue weighted by Gasteiger charge is 2.03. The third kappa shape index (κ3) is 3.36. The summed E-state index contributed by atoms with van der Waals surface area (Å²) < 4.78 is 5.79. The number of para-hydroxylation sites is 1. The molecule has 21 heavy (non-hydrogen) atoms. The highest BCUT2D eigenvalue weighted by atomic mass is 16.5. The quantitative estimate of drug-likeness (QED) is 0.797. The van der Waals surface area contributed by atoms with Gasteiger partial charge in [-0.1, -0.05) is 30.3 Å². The zero-order valence-corrected chi connectivity index (χ0v) is 11.3. The molecule has 4 heteroatoms. The molecule has 3 rings (SSSR count). The molecule has 0 saturated carbocycles. The molecule has 0 aliphatic heterocycles. The highest BCUT2D eigenvalue weighted by molar-refractivity contribution is 5.35. The van der Waals surface area contributed by atoms with Crippen LogP contribution in [-0.4, -0.2) is 10.2 Å². The molecule has 0 unspecified atom stereocenters. The maximum Gasteiger partial charge on any atom is 0.267 e. The molecule has 0 fully saturated rings. The van der Waals surface area contributed by atoms with Gasteiger partial charge in [0, 0.05) is 18.2 Å². The molecule has 0 aliphatic rings. The van der Waals surface area contributed by atoms with E-state index in [4.69, 9.17) is 4.74 Å². The molecule has 0 saturated heterocycles. The molecule has 3 aromatic rings. The van der Waals surface area contributed by atoms with Crippen molar-refractivity contribution < 1.29 is 4.74 Å². The summed E-state index contributed by atoms with van der Waals surface area (Å²) >= 11 is 0. The molecule has 104 valence electrons. The van der Waals surface area contributed by atoms with Gasteiger partial charge in [0.2, 0.25) is 0 Å². The molecule has 2 aromatic carbocycles. The van der Waals surface area contributed by atoms with Gasteiger partial charge in [0.25, 0.3) is 5.56 Å². The fraction of sp³-hybridized carbons (Fsp3) is 0.0588. The average Bonchev–Trinajstić information content (AvgIpc) is 2.51. The standard InChI is InChI=1S/C17H14N2O2/c20-17-14(9-10-18-19-17)11-13-5-4-8-16(12-13)21-15-6-2-1-3-7-15/h1-10,12H,11H2,(H,19,20). The van der Waals surface area contributed by atoms with Gasteiger partial charge < -0.3 is 4.74 Å². The summed E-state index contributed by atoms with van der Waals surface area (Å²) in [5.41, 5.74) is 1.54. The maximum absolute atomic E-state index is 11.7. The fourth-order valence-corrected chi connectivity index (χ4v) is 2.07. The first-order valence-electron chi connectivity index (χ1n) is 6.66. The molecule has 0 bridgehead atoms. The molecular weight excluding hydrogens is 264 g/mol. The molecule has 1 heterocycles. The van der Waals surface area contributed by atoms with E-state index in [1.54, 1.807) is 12.3 Å². The second-order valence-electron chi connectivity index (χ2n) is 4.65. The summed E-state index contributed by atoms with van der Waals surface area (Å²) in [6, 6.07) is 19.1. The van der Waals surface area contributed by atoms with Crippen molar-refractivity contribution in [2.45, 2.75) is 6.42 Å². The number of aromatic nitrogens is 2. The van der Waals surface area contributed by atoms with E-state index in [-0.39, 0.29) is 5.56 Å². The van der Waals surface area contributed by atoms with Gasteiger partial charge in [0.15, 0.2) is 0 Å². The number of nitrogens with one attached hydrogen (secondary N) is 1. The first-order valence-corrected chi connectivity index (χ1v) is 6.66. The predicted molar refractivity (Wildman–Crippen MR) is 80.6 cm³/mol. The Morgan fingerprint density at radius 3 is 2.57 bits per heavy atom. The average molecular weight is 278 g/mol. The lowest BCUT2D eigenvalue weighted by atomic mass is 10.1. The van der Waals surface area contributed by atoms with Gasteiger partial charge in [-0.25, -0.2) is 5.10 Å². The fourth-order valence-electron chi connectivity index (χ4n) is 2.07. The minimum Gasteiger partial charge on any atom is -0.457 e. The summed E-state index contributed by atoms with van der Waals surface area (Å²) in [5, 5.41) is 6.14. The van der Waals surface area contributed by atoms with Gasteiger partial charge in [-0.3, -0.25) is 4.79 Å². The topological polar surface area (TPSA) is 55.0 Å². The Bertz CT molecular complexity index is 782.